The van der Waals surface area contributed by atoms with Gasteiger partial charge in [0.25, 0.3) is 0 Å². The summed E-state index contributed by atoms with van der Waals surface area (Å²) in [6.45, 7) is 4.04. The molecule has 0 aliphatic carbocycles. The van der Waals surface area contributed by atoms with Gasteiger partial charge < -0.3 is 5.11 Å². The van der Waals surface area contributed by atoms with E-state index in [1.165, 1.54) is 17.8 Å². The molecule has 3 heteroatoms. The van der Waals surface area contributed by atoms with E-state index < -0.39 is 5.97 Å². The molecule has 2 rings (SSSR count). The maximum absolute atomic E-state index is 10.9. The van der Waals surface area contributed by atoms with Crippen LogP contribution in [0.4, 0.5) is 0 Å². The molecule has 2 aromatic rings. The number of benzene rings is 1. The zero-order valence-electron chi connectivity index (χ0n) is 9.77. The van der Waals surface area contributed by atoms with Crippen LogP contribution in [0.3, 0.4) is 0 Å². The molecule has 3 nitrogen and oxygen atoms in total. The molecule has 0 unspecified atom stereocenters. The number of carboxylic acids is 1. The molecule has 0 amide bonds. The highest BCUT2D eigenvalue weighted by atomic mass is 16.4. The summed E-state index contributed by atoms with van der Waals surface area (Å²) in [6.07, 6.45) is 1.53. The first kappa shape index (κ1) is 11.3. The van der Waals surface area contributed by atoms with Crippen LogP contribution in [0, 0.1) is 13.8 Å². The quantitative estimate of drug-likeness (QED) is 0.857. The van der Waals surface area contributed by atoms with Crippen LogP contribution in [0.2, 0.25) is 0 Å². The predicted molar refractivity (Wildman–Crippen MR) is 66.1 cm³/mol. The van der Waals surface area contributed by atoms with Gasteiger partial charge in [-0.05, 0) is 37.1 Å². The van der Waals surface area contributed by atoms with Crippen molar-refractivity contribution in [1.82, 2.24) is 4.98 Å². The van der Waals surface area contributed by atoms with Crippen molar-refractivity contribution in [2.75, 3.05) is 0 Å². The van der Waals surface area contributed by atoms with Gasteiger partial charge in [-0.15, -0.1) is 0 Å². The van der Waals surface area contributed by atoms with E-state index in [1.807, 2.05) is 32.0 Å². The number of rotatable bonds is 2. The fourth-order valence-corrected chi connectivity index (χ4v) is 1.74. The molecular weight excluding hydrogens is 214 g/mol. The fraction of sp³-hybridized carbons (Fsp3) is 0.143. The molecule has 17 heavy (non-hydrogen) atoms. The van der Waals surface area contributed by atoms with E-state index in [0.29, 0.717) is 5.69 Å². The Kier molecular flexibility index (Phi) is 2.91. The third-order valence-corrected chi connectivity index (χ3v) is 2.89. The van der Waals surface area contributed by atoms with Crippen LogP contribution < -0.4 is 0 Å². The van der Waals surface area contributed by atoms with Crippen LogP contribution in [0.5, 0.6) is 0 Å². The third kappa shape index (κ3) is 2.18. The van der Waals surface area contributed by atoms with Gasteiger partial charge in [-0.25, -0.2) is 4.79 Å². The Bertz CT molecular complexity index is 576. The van der Waals surface area contributed by atoms with Gasteiger partial charge in [-0.3, -0.25) is 4.98 Å². The van der Waals surface area contributed by atoms with Crippen molar-refractivity contribution in [2.24, 2.45) is 0 Å². The number of nitrogens with zero attached hydrogens (tertiary/aromatic N) is 1. The monoisotopic (exact) mass is 227 g/mol. The predicted octanol–water partition coefficient (Wildman–Crippen LogP) is 3.06. The Hall–Kier alpha value is -2.16. The van der Waals surface area contributed by atoms with E-state index >= 15 is 0 Å². The number of hydrogen-bond acceptors (Lipinski definition) is 2. The molecule has 0 saturated carbocycles. The van der Waals surface area contributed by atoms with E-state index in [2.05, 4.69) is 4.98 Å². The Labute approximate surface area is 99.8 Å². The topological polar surface area (TPSA) is 50.2 Å². The van der Waals surface area contributed by atoms with Crippen LogP contribution in [0.15, 0.2) is 36.5 Å². The lowest BCUT2D eigenvalue weighted by Gasteiger charge is -2.08. The lowest BCUT2D eigenvalue weighted by atomic mass is 10.00. The number of aromatic carboxylic acids is 1. The summed E-state index contributed by atoms with van der Waals surface area (Å²) in [7, 11) is 0. The van der Waals surface area contributed by atoms with Crippen LogP contribution in [-0.4, -0.2) is 16.1 Å². The average molecular weight is 227 g/mol. The van der Waals surface area contributed by atoms with Crippen molar-refractivity contribution in [3.8, 4) is 11.3 Å². The van der Waals surface area contributed by atoms with Crippen molar-refractivity contribution in [3.05, 3.63) is 53.2 Å². The first-order chi connectivity index (χ1) is 8.09. The summed E-state index contributed by atoms with van der Waals surface area (Å²) in [4.78, 5) is 15.1. The van der Waals surface area contributed by atoms with Crippen LogP contribution >= 0.6 is 0 Å². The van der Waals surface area contributed by atoms with Gasteiger partial charge >= 0.3 is 5.97 Å². The second kappa shape index (κ2) is 4.37. The van der Waals surface area contributed by atoms with Crippen LogP contribution in [-0.2, 0) is 0 Å². The molecule has 1 heterocycles. The lowest BCUT2D eigenvalue weighted by Crippen LogP contribution is -1.98. The highest BCUT2D eigenvalue weighted by molar-refractivity contribution is 5.89. The van der Waals surface area contributed by atoms with Crippen molar-refractivity contribution in [1.29, 1.82) is 0 Å². The summed E-state index contributed by atoms with van der Waals surface area (Å²) >= 11 is 0. The molecule has 1 N–H and O–H groups in total. The van der Waals surface area contributed by atoms with Crippen molar-refractivity contribution in [3.63, 3.8) is 0 Å². The second-order valence-electron chi connectivity index (χ2n) is 3.98. The first-order valence-corrected chi connectivity index (χ1v) is 5.35. The van der Waals surface area contributed by atoms with Gasteiger partial charge in [0, 0.05) is 11.8 Å². The largest absolute Gasteiger partial charge is 0.478 e. The number of hydrogen-bond donors (Lipinski definition) is 1. The zero-order valence-corrected chi connectivity index (χ0v) is 9.77. The number of aryl methyl sites for hydroxylation is 1. The van der Waals surface area contributed by atoms with Crippen molar-refractivity contribution in [2.45, 2.75) is 13.8 Å². The molecule has 0 aliphatic heterocycles. The highest BCUT2D eigenvalue weighted by Gasteiger charge is 2.08. The smallest absolute Gasteiger partial charge is 0.335 e. The Morgan fingerprint density at radius 3 is 2.71 bits per heavy atom. The molecule has 0 atom stereocenters. The zero-order chi connectivity index (χ0) is 12.4. The summed E-state index contributed by atoms with van der Waals surface area (Å²) < 4.78 is 0. The average Bonchev–Trinajstić information content (AvgIpc) is 2.33. The number of aromatic nitrogens is 1. The minimum Gasteiger partial charge on any atom is -0.478 e. The molecule has 0 radical (unpaired) electrons. The fourth-order valence-electron chi connectivity index (χ4n) is 1.74. The summed E-state index contributed by atoms with van der Waals surface area (Å²) in [6, 6.07) is 9.03. The van der Waals surface area contributed by atoms with Gasteiger partial charge in [0.1, 0.15) is 0 Å². The van der Waals surface area contributed by atoms with Gasteiger partial charge in [0.2, 0.25) is 0 Å². The Balaban J connectivity index is 2.57. The van der Waals surface area contributed by atoms with Gasteiger partial charge in [0.15, 0.2) is 0 Å². The van der Waals surface area contributed by atoms with E-state index in [1.54, 1.807) is 6.07 Å². The van der Waals surface area contributed by atoms with Crippen molar-refractivity contribution >= 4 is 5.97 Å². The standard InChI is InChI=1S/C14H13NO2/c1-9-4-3-5-12(10(9)2)13-8-11(14(16)17)6-7-15-13/h3-8H,1-2H3,(H,16,17). The third-order valence-electron chi connectivity index (χ3n) is 2.89. The molecule has 0 bridgehead atoms. The normalized spacial score (nSPS) is 10.2. The minimum absolute atomic E-state index is 0.260. The number of carbonyl (C=O) groups is 1. The summed E-state index contributed by atoms with van der Waals surface area (Å²) in [5.74, 6) is -0.932. The van der Waals surface area contributed by atoms with E-state index in [-0.39, 0.29) is 5.56 Å². The van der Waals surface area contributed by atoms with Gasteiger partial charge in [-0.1, -0.05) is 18.2 Å². The highest BCUT2D eigenvalue weighted by Crippen LogP contribution is 2.24. The van der Waals surface area contributed by atoms with Gasteiger partial charge in [0.05, 0.1) is 11.3 Å². The molecule has 0 saturated heterocycles. The first-order valence-electron chi connectivity index (χ1n) is 5.35. The van der Waals surface area contributed by atoms with E-state index in [4.69, 9.17) is 5.11 Å². The second-order valence-corrected chi connectivity index (χ2v) is 3.98. The van der Waals surface area contributed by atoms with Crippen LogP contribution in [0.1, 0.15) is 21.5 Å². The molecule has 0 fully saturated rings. The van der Waals surface area contributed by atoms with E-state index in [0.717, 1.165) is 11.1 Å². The maximum Gasteiger partial charge on any atom is 0.335 e. The molecule has 86 valence electrons. The van der Waals surface area contributed by atoms with Crippen molar-refractivity contribution < 1.29 is 9.90 Å². The summed E-state index contributed by atoms with van der Waals surface area (Å²) in [5.41, 5.74) is 4.24. The Morgan fingerprint density at radius 1 is 1.24 bits per heavy atom. The lowest BCUT2D eigenvalue weighted by molar-refractivity contribution is 0.0697. The van der Waals surface area contributed by atoms with Gasteiger partial charge in [-0.2, -0.15) is 0 Å². The Morgan fingerprint density at radius 2 is 2.00 bits per heavy atom. The molecule has 1 aromatic carbocycles. The molecular formula is C14H13NO2. The van der Waals surface area contributed by atoms with E-state index in [9.17, 15) is 4.79 Å². The molecule has 0 spiro atoms. The SMILES string of the molecule is Cc1cccc(-c2cc(C(=O)O)ccn2)c1C. The number of carboxylic acid groups (broad SMARTS) is 1. The molecule has 0 aliphatic rings. The minimum atomic E-state index is -0.932. The number of pyridine rings is 1. The van der Waals surface area contributed by atoms with Crippen LogP contribution in [0.25, 0.3) is 11.3 Å². The maximum atomic E-state index is 10.9. The summed E-state index contributed by atoms with van der Waals surface area (Å²) in [5, 5.41) is 8.95. The molecule has 1 aromatic heterocycles.